The summed E-state index contributed by atoms with van der Waals surface area (Å²) in [5, 5.41) is 1.06. The molecule has 19 heavy (non-hydrogen) atoms. The number of fused-ring (bicyclic) bond motifs is 2. The first-order valence-electron chi connectivity index (χ1n) is 5.05. The average molecular weight is 351 g/mol. The zero-order chi connectivity index (χ0) is 13.7. The van der Waals surface area contributed by atoms with Gasteiger partial charge in [-0.1, -0.05) is 46.4 Å². The quantitative estimate of drug-likeness (QED) is 0.510. The molecule has 1 aromatic carbocycles. The van der Waals surface area contributed by atoms with E-state index in [4.69, 9.17) is 46.4 Å². The van der Waals surface area contributed by atoms with Crippen LogP contribution in [0.5, 0.6) is 0 Å². The minimum atomic E-state index is -0.329. The minimum Gasteiger partial charge on any atom is -0.288 e. The van der Waals surface area contributed by atoms with Crippen molar-refractivity contribution in [3.8, 4) is 10.6 Å². The molecule has 2 nitrogen and oxygen atoms in total. The van der Waals surface area contributed by atoms with Crippen LogP contribution in [-0.2, 0) is 0 Å². The summed E-state index contributed by atoms with van der Waals surface area (Å²) in [7, 11) is 0. The molecule has 2 aliphatic rings. The summed E-state index contributed by atoms with van der Waals surface area (Å²) < 4.78 is 0.780. The van der Waals surface area contributed by atoms with Crippen LogP contribution >= 0.6 is 57.7 Å². The molecule has 0 atom stereocenters. The highest BCUT2D eigenvalue weighted by atomic mass is 35.5. The molecule has 0 aromatic heterocycles. The molecular weight excluding hydrogens is 348 g/mol. The van der Waals surface area contributed by atoms with E-state index in [0.29, 0.717) is 26.1 Å². The van der Waals surface area contributed by atoms with Crippen molar-refractivity contribution in [2.24, 2.45) is 0 Å². The van der Waals surface area contributed by atoms with Crippen molar-refractivity contribution in [2.75, 3.05) is 0 Å². The molecule has 0 saturated carbocycles. The summed E-state index contributed by atoms with van der Waals surface area (Å²) in [6.45, 7) is 0. The monoisotopic (exact) mass is 349 g/mol. The lowest BCUT2D eigenvalue weighted by Gasteiger charge is -2.09. The molecule has 1 aliphatic heterocycles. The fourth-order valence-electron chi connectivity index (χ4n) is 1.71. The molecule has 0 unspecified atom stereocenters. The van der Waals surface area contributed by atoms with Crippen LogP contribution in [0.4, 0.5) is 0 Å². The average Bonchev–Trinajstić information content (AvgIpc) is 2.34. The second kappa shape index (κ2) is 4.76. The molecule has 7 heteroatoms. The van der Waals surface area contributed by atoms with E-state index in [9.17, 15) is 4.79 Å². The standard InChI is InChI=1S/C12H3Cl4NOS/c13-4-1-5(14)11-7(2-4)19-8-3-6(18)9(15)10(16)12(8)17-11/h1-3H. The van der Waals surface area contributed by atoms with Crippen LogP contribution in [0.2, 0.25) is 20.1 Å². The smallest absolute Gasteiger partial charge is 0.200 e. The van der Waals surface area contributed by atoms with Crippen molar-refractivity contribution >= 4 is 68.0 Å². The third-order valence-corrected chi connectivity index (χ3v) is 4.96. The Balaban J connectivity index is 2.53. The second-order valence-corrected chi connectivity index (χ2v) is 6.48. The fourth-order valence-corrected chi connectivity index (χ4v) is 3.89. The minimum absolute atomic E-state index is 0.0293. The van der Waals surface area contributed by atoms with Crippen LogP contribution in [0.1, 0.15) is 0 Å². The van der Waals surface area contributed by atoms with Gasteiger partial charge in [0.15, 0.2) is 5.43 Å². The Morgan fingerprint density at radius 3 is 2.47 bits per heavy atom. The Hall–Kier alpha value is -0.580. The van der Waals surface area contributed by atoms with E-state index in [1.54, 1.807) is 12.1 Å². The van der Waals surface area contributed by atoms with Crippen molar-refractivity contribution in [3.05, 3.63) is 48.5 Å². The number of halogens is 4. The summed E-state index contributed by atoms with van der Waals surface area (Å²) in [6.07, 6.45) is 0. The third-order valence-electron chi connectivity index (χ3n) is 2.55. The summed E-state index contributed by atoms with van der Waals surface area (Å²) in [6, 6.07) is 4.76. The van der Waals surface area contributed by atoms with Gasteiger partial charge >= 0.3 is 0 Å². The molecule has 0 radical (unpaired) electrons. The highest BCUT2D eigenvalue weighted by Gasteiger charge is 2.18. The van der Waals surface area contributed by atoms with Crippen LogP contribution in [0.3, 0.4) is 0 Å². The van der Waals surface area contributed by atoms with Crippen LogP contribution < -0.4 is 5.43 Å². The van der Waals surface area contributed by atoms with Gasteiger partial charge < -0.3 is 0 Å². The Bertz CT molecular complexity index is 845. The lowest BCUT2D eigenvalue weighted by molar-refractivity contribution is 1.41. The summed E-state index contributed by atoms with van der Waals surface area (Å²) in [4.78, 5) is 16.7. The van der Waals surface area contributed by atoms with Gasteiger partial charge in [-0.25, -0.2) is 4.98 Å². The molecule has 0 N–H and O–H groups in total. The molecule has 0 saturated heterocycles. The topological polar surface area (TPSA) is 30.0 Å². The van der Waals surface area contributed by atoms with Crippen molar-refractivity contribution in [1.29, 1.82) is 0 Å². The number of aromatic nitrogens is 1. The van der Waals surface area contributed by atoms with E-state index in [1.807, 2.05) is 0 Å². The normalized spacial score (nSPS) is 11.4. The first-order chi connectivity index (χ1) is 8.97. The van der Waals surface area contributed by atoms with E-state index >= 15 is 0 Å². The zero-order valence-corrected chi connectivity index (χ0v) is 12.8. The molecule has 0 spiro atoms. The number of benzene rings is 2. The van der Waals surface area contributed by atoms with Crippen LogP contribution in [-0.4, -0.2) is 4.98 Å². The predicted octanol–water partition coefficient (Wildman–Crippen LogP) is 5.37. The van der Waals surface area contributed by atoms with E-state index < -0.39 is 0 Å². The van der Waals surface area contributed by atoms with Crippen LogP contribution in [0, 0.1) is 0 Å². The first-order valence-corrected chi connectivity index (χ1v) is 7.38. The molecule has 0 amide bonds. The van der Waals surface area contributed by atoms with E-state index in [1.165, 1.54) is 17.4 Å². The Kier molecular flexibility index (Phi) is 3.36. The van der Waals surface area contributed by atoms with Crippen molar-refractivity contribution in [3.63, 3.8) is 0 Å². The predicted molar refractivity (Wildman–Crippen MR) is 82.6 cm³/mol. The van der Waals surface area contributed by atoms with Crippen LogP contribution in [0.25, 0.3) is 20.8 Å². The highest BCUT2D eigenvalue weighted by Crippen LogP contribution is 2.39. The highest BCUT2D eigenvalue weighted by molar-refractivity contribution is 7.21. The van der Waals surface area contributed by atoms with Gasteiger partial charge in [-0.05, 0) is 12.1 Å². The molecule has 96 valence electrons. The molecular formula is C12H3Cl4NOS. The number of hydrogen-bond donors (Lipinski definition) is 0. The van der Waals surface area contributed by atoms with Gasteiger partial charge in [-0.3, -0.25) is 4.79 Å². The fraction of sp³-hybridized carbons (Fsp3) is 0. The Morgan fingerprint density at radius 1 is 1.00 bits per heavy atom. The van der Waals surface area contributed by atoms with Gasteiger partial charge in [-0.2, -0.15) is 0 Å². The largest absolute Gasteiger partial charge is 0.288 e. The van der Waals surface area contributed by atoms with Crippen molar-refractivity contribution in [1.82, 2.24) is 4.98 Å². The van der Waals surface area contributed by atoms with Gasteiger partial charge in [0.1, 0.15) is 10.7 Å². The van der Waals surface area contributed by atoms with Gasteiger partial charge in [0.25, 0.3) is 0 Å². The van der Waals surface area contributed by atoms with E-state index in [-0.39, 0.29) is 15.5 Å². The van der Waals surface area contributed by atoms with Gasteiger partial charge in [-0.15, -0.1) is 11.3 Å². The molecule has 3 rings (SSSR count). The second-order valence-electron chi connectivity index (χ2n) is 3.80. The van der Waals surface area contributed by atoms with E-state index in [0.717, 1.165) is 4.70 Å². The van der Waals surface area contributed by atoms with E-state index in [2.05, 4.69) is 4.98 Å². The maximum absolute atomic E-state index is 11.6. The van der Waals surface area contributed by atoms with Crippen molar-refractivity contribution in [2.45, 2.75) is 0 Å². The first kappa shape index (κ1) is 13.4. The summed E-state index contributed by atoms with van der Waals surface area (Å²) in [5.74, 6) is 0. The van der Waals surface area contributed by atoms with Crippen molar-refractivity contribution < 1.29 is 0 Å². The molecule has 1 heterocycles. The molecule has 0 fully saturated rings. The molecule has 1 aromatic rings. The van der Waals surface area contributed by atoms with Gasteiger partial charge in [0, 0.05) is 11.1 Å². The third kappa shape index (κ3) is 2.20. The molecule has 0 bridgehead atoms. The Labute approximate surface area is 131 Å². The summed E-state index contributed by atoms with van der Waals surface area (Å²) >= 11 is 25.3. The lowest BCUT2D eigenvalue weighted by atomic mass is 10.2. The SMILES string of the molecule is O=c1cc2sc3cc(Cl)cc(Cl)c3nc-2c(Cl)c1Cl. The maximum Gasteiger partial charge on any atom is 0.200 e. The maximum atomic E-state index is 11.6. The summed E-state index contributed by atoms with van der Waals surface area (Å²) in [5.41, 5.74) is 0.720. The molecule has 1 aliphatic carbocycles. The van der Waals surface area contributed by atoms with Gasteiger partial charge in [0.2, 0.25) is 0 Å². The number of rotatable bonds is 0. The zero-order valence-electron chi connectivity index (χ0n) is 9.01. The van der Waals surface area contributed by atoms with Gasteiger partial charge in [0.05, 0.1) is 25.1 Å². The number of nitrogens with zero attached hydrogens (tertiary/aromatic N) is 1. The number of hydrogen-bond acceptors (Lipinski definition) is 3. The van der Waals surface area contributed by atoms with Crippen LogP contribution in [0.15, 0.2) is 23.0 Å². The lowest BCUT2D eigenvalue weighted by Crippen LogP contribution is -2.03. The Morgan fingerprint density at radius 2 is 1.74 bits per heavy atom.